The van der Waals surface area contributed by atoms with Crippen molar-refractivity contribution >= 4 is 21.6 Å². The largest absolute Gasteiger partial charge is 0.317 e. The number of thiophene rings is 1. The number of aromatic nitrogens is 2. The van der Waals surface area contributed by atoms with Crippen molar-refractivity contribution in [1.82, 2.24) is 15.3 Å². The lowest BCUT2D eigenvalue weighted by atomic mass is 10.0. The van der Waals surface area contributed by atoms with E-state index in [-0.39, 0.29) is 0 Å². The van der Waals surface area contributed by atoms with E-state index in [0.717, 1.165) is 11.3 Å². The Labute approximate surface area is 113 Å². The second-order valence-electron chi connectivity index (χ2n) is 4.76. The highest BCUT2D eigenvalue weighted by Gasteiger charge is 2.14. The minimum Gasteiger partial charge on any atom is -0.317 e. The van der Waals surface area contributed by atoms with E-state index in [1.54, 1.807) is 17.7 Å². The lowest BCUT2D eigenvalue weighted by Gasteiger charge is -2.15. The number of nitrogens with one attached hydrogen (secondary N) is 1. The molecule has 2 aromatic rings. The second-order valence-corrected chi connectivity index (χ2v) is 5.97. The summed E-state index contributed by atoms with van der Waals surface area (Å²) in [6, 6.07) is 0.507. The van der Waals surface area contributed by atoms with Gasteiger partial charge in [0, 0.05) is 22.7 Å². The lowest BCUT2D eigenvalue weighted by Crippen LogP contribution is -2.27. The Bertz CT molecular complexity index is 533. The van der Waals surface area contributed by atoms with Crippen LogP contribution in [0.5, 0.6) is 0 Å². The molecule has 2 heterocycles. The van der Waals surface area contributed by atoms with Gasteiger partial charge in [0.25, 0.3) is 0 Å². The average Bonchev–Trinajstić information content (AvgIpc) is 2.65. The Hall–Kier alpha value is -1.00. The van der Waals surface area contributed by atoms with E-state index in [0.29, 0.717) is 6.04 Å². The Morgan fingerprint density at radius 2 is 2.11 bits per heavy atom. The highest BCUT2D eigenvalue weighted by molar-refractivity contribution is 7.18. The molecule has 0 fully saturated rings. The van der Waals surface area contributed by atoms with Crippen LogP contribution in [-0.2, 0) is 6.42 Å². The van der Waals surface area contributed by atoms with Gasteiger partial charge in [0.05, 0.1) is 5.69 Å². The number of likely N-dealkylation sites (N-methyl/N-ethyl adjacent to an activating group) is 1. The van der Waals surface area contributed by atoms with E-state index in [9.17, 15) is 0 Å². The van der Waals surface area contributed by atoms with E-state index >= 15 is 0 Å². The van der Waals surface area contributed by atoms with Crippen molar-refractivity contribution in [3.63, 3.8) is 0 Å². The summed E-state index contributed by atoms with van der Waals surface area (Å²) in [4.78, 5) is 11.4. The molecule has 0 saturated heterocycles. The van der Waals surface area contributed by atoms with Gasteiger partial charge in [-0.15, -0.1) is 11.3 Å². The zero-order chi connectivity index (χ0) is 13.1. The molecule has 98 valence electrons. The zero-order valence-corrected chi connectivity index (χ0v) is 12.4. The quantitative estimate of drug-likeness (QED) is 0.900. The lowest BCUT2D eigenvalue weighted by molar-refractivity contribution is 0.510. The SMILES string of the molecule is CCCC(Cc1ncnc2sc(C)c(C)c12)NC. The molecule has 0 aliphatic rings. The van der Waals surface area contributed by atoms with Gasteiger partial charge in [-0.25, -0.2) is 9.97 Å². The van der Waals surface area contributed by atoms with Gasteiger partial charge in [-0.2, -0.15) is 0 Å². The van der Waals surface area contributed by atoms with Crippen molar-refractivity contribution in [2.45, 2.75) is 46.1 Å². The predicted molar refractivity (Wildman–Crippen MR) is 78.3 cm³/mol. The number of nitrogens with zero attached hydrogens (tertiary/aromatic N) is 2. The van der Waals surface area contributed by atoms with Gasteiger partial charge < -0.3 is 5.32 Å². The highest BCUT2D eigenvalue weighted by Crippen LogP contribution is 2.30. The molecule has 2 rings (SSSR count). The molecule has 3 nitrogen and oxygen atoms in total. The molecule has 0 bridgehead atoms. The summed E-state index contributed by atoms with van der Waals surface area (Å²) in [5.74, 6) is 0. The summed E-state index contributed by atoms with van der Waals surface area (Å²) in [7, 11) is 2.03. The fourth-order valence-corrected chi connectivity index (χ4v) is 3.36. The van der Waals surface area contributed by atoms with E-state index in [1.807, 2.05) is 7.05 Å². The van der Waals surface area contributed by atoms with Crippen LogP contribution in [0, 0.1) is 13.8 Å². The normalized spacial score (nSPS) is 13.1. The van der Waals surface area contributed by atoms with E-state index in [4.69, 9.17) is 0 Å². The number of hydrogen-bond donors (Lipinski definition) is 1. The maximum atomic E-state index is 4.51. The van der Waals surface area contributed by atoms with Crippen LogP contribution in [0.2, 0.25) is 0 Å². The minimum atomic E-state index is 0.507. The first-order chi connectivity index (χ1) is 8.67. The minimum absolute atomic E-state index is 0.507. The third-order valence-electron chi connectivity index (χ3n) is 3.53. The van der Waals surface area contributed by atoms with Crippen molar-refractivity contribution in [1.29, 1.82) is 0 Å². The molecule has 18 heavy (non-hydrogen) atoms. The fourth-order valence-electron chi connectivity index (χ4n) is 2.34. The van der Waals surface area contributed by atoms with Crippen LogP contribution in [0.1, 0.15) is 35.9 Å². The highest BCUT2D eigenvalue weighted by atomic mass is 32.1. The summed E-state index contributed by atoms with van der Waals surface area (Å²) in [6.45, 7) is 6.56. The van der Waals surface area contributed by atoms with Crippen LogP contribution in [0.4, 0.5) is 0 Å². The number of hydrogen-bond acceptors (Lipinski definition) is 4. The first-order valence-electron chi connectivity index (χ1n) is 6.54. The molecule has 2 aromatic heterocycles. The third kappa shape index (κ3) is 2.54. The van der Waals surface area contributed by atoms with Gasteiger partial charge in [-0.05, 0) is 32.9 Å². The summed E-state index contributed by atoms with van der Waals surface area (Å²) >= 11 is 1.77. The summed E-state index contributed by atoms with van der Waals surface area (Å²) in [5, 5.41) is 4.66. The standard InChI is InChI=1S/C14H21N3S/c1-5-6-11(15-4)7-12-13-9(2)10(3)18-14(13)17-8-16-12/h8,11,15H,5-7H2,1-4H3. The summed E-state index contributed by atoms with van der Waals surface area (Å²) < 4.78 is 0. The molecule has 0 aliphatic carbocycles. The van der Waals surface area contributed by atoms with Gasteiger partial charge in [0.1, 0.15) is 11.2 Å². The van der Waals surface area contributed by atoms with E-state index in [1.165, 1.54) is 34.4 Å². The van der Waals surface area contributed by atoms with Crippen molar-refractivity contribution in [3.8, 4) is 0 Å². The van der Waals surface area contributed by atoms with Crippen molar-refractivity contribution < 1.29 is 0 Å². The third-order valence-corrected chi connectivity index (χ3v) is 4.64. The number of fused-ring (bicyclic) bond motifs is 1. The molecular weight excluding hydrogens is 242 g/mol. The van der Waals surface area contributed by atoms with Gasteiger partial charge >= 0.3 is 0 Å². The van der Waals surface area contributed by atoms with Gasteiger partial charge in [-0.1, -0.05) is 13.3 Å². The first kappa shape index (κ1) is 13.4. The van der Waals surface area contributed by atoms with E-state index in [2.05, 4.69) is 36.1 Å². The van der Waals surface area contributed by atoms with Crippen molar-refractivity contribution in [3.05, 3.63) is 22.5 Å². The first-order valence-corrected chi connectivity index (χ1v) is 7.35. The molecule has 0 amide bonds. The molecule has 0 spiro atoms. The Morgan fingerprint density at radius 1 is 1.33 bits per heavy atom. The Morgan fingerprint density at radius 3 is 2.78 bits per heavy atom. The second kappa shape index (κ2) is 5.76. The summed E-state index contributed by atoms with van der Waals surface area (Å²) in [5.41, 5.74) is 2.53. The van der Waals surface area contributed by atoms with Crippen LogP contribution in [0.3, 0.4) is 0 Å². The van der Waals surface area contributed by atoms with Crippen LogP contribution in [0.15, 0.2) is 6.33 Å². The zero-order valence-electron chi connectivity index (χ0n) is 11.6. The average molecular weight is 263 g/mol. The molecule has 0 aromatic carbocycles. The number of aryl methyl sites for hydroxylation is 2. The van der Waals surface area contributed by atoms with Crippen LogP contribution >= 0.6 is 11.3 Å². The predicted octanol–water partition coefficient (Wildman–Crippen LogP) is 3.24. The number of rotatable bonds is 5. The van der Waals surface area contributed by atoms with Gasteiger partial charge in [-0.3, -0.25) is 0 Å². The van der Waals surface area contributed by atoms with Gasteiger partial charge in [0.15, 0.2) is 0 Å². The fraction of sp³-hybridized carbons (Fsp3) is 0.571. The molecule has 1 atom stereocenters. The topological polar surface area (TPSA) is 37.8 Å². The maximum absolute atomic E-state index is 4.51. The van der Waals surface area contributed by atoms with Crippen molar-refractivity contribution in [2.75, 3.05) is 7.05 Å². The smallest absolute Gasteiger partial charge is 0.127 e. The maximum Gasteiger partial charge on any atom is 0.127 e. The molecule has 0 aliphatic heterocycles. The molecule has 1 N–H and O–H groups in total. The van der Waals surface area contributed by atoms with Crippen LogP contribution in [-0.4, -0.2) is 23.1 Å². The van der Waals surface area contributed by atoms with Crippen molar-refractivity contribution in [2.24, 2.45) is 0 Å². The van der Waals surface area contributed by atoms with E-state index < -0.39 is 0 Å². The Balaban J connectivity index is 2.38. The molecule has 0 radical (unpaired) electrons. The monoisotopic (exact) mass is 263 g/mol. The van der Waals surface area contributed by atoms with Crippen LogP contribution in [0.25, 0.3) is 10.2 Å². The molecule has 0 saturated carbocycles. The van der Waals surface area contributed by atoms with Crippen LogP contribution < -0.4 is 5.32 Å². The molecular formula is C14H21N3S. The molecule has 1 unspecified atom stereocenters. The molecule has 4 heteroatoms. The van der Waals surface area contributed by atoms with Gasteiger partial charge in [0.2, 0.25) is 0 Å². The Kier molecular flexibility index (Phi) is 4.30. The summed E-state index contributed by atoms with van der Waals surface area (Å²) in [6.07, 6.45) is 5.07.